The van der Waals surface area contributed by atoms with E-state index in [4.69, 9.17) is 21.9 Å². The average molecular weight is 310 g/mol. The van der Waals surface area contributed by atoms with Crippen molar-refractivity contribution in [2.75, 3.05) is 0 Å². The van der Waals surface area contributed by atoms with E-state index in [1.54, 1.807) is 11.8 Å². The molecule has 0 spiro atoms. The Labute approximate surface area is 127 Å². The summed E-state index contributed by atoms with van der Waals surface area (Å²) in [6.07, 6.45) is 2.28. The summed E-state index contributed by atoms with van der Waals surface area (Å²) in [5.74, 6) is 2.28. The lowest BCUT2D eigenvalue weighted by Gasteiger charge is -2.18. The lowest BCUT2D eigenvalue weighted by atomic mass is 9.97. The Morgan fingerprint density at radius 2 is 2.20 bits per heavy atom. The van der Waals surface area contributed by atoms with E-state index in [0.717, 1.165) is 22.8 Å². The summed E-state index contributed by atoms with van der Waals surface area (Å²) >= 11 is 7.70. The van der Waals surface area contributed by atoms with Crippen LogP contribution in [0.25, 0.3) is 0 Å². The first-order chi connectivity index (χ1) is 9.57. The number of hydrogen-bond donors (Lipinski definition) is 1. The highest BCUT2D eigenvalue weighted by Gasteiger charge is 2.43. The van der Waals surface area contributed by atoms with Crippen LogP contribution in [0.4, 0.5) is 0 Å². The first kappa shape index (κ1) is 13.9. The highest BCUT2D eigenvalue weighted by molar-refractivity contribution is 7.98. The van der Waals surface area contributed by atoms with Gasteiger partial charge in [-0.05, 0) is 37.8 Å². The molecule has 4 nitrogen and oxygen atoms in total. The van der Waals surface area contributed by atoms with Gasteiger partial charge in [-0.2, -0.15) is 4.98 Å². The van der Waals surface area contributed by atoms with Crippen molar-refractivity contribution in [2.45, 2.75) is 36.0 Å². The Hall–Kier alpha value is -1.04. The Morgan fingerprint density at radius 1 is 1.45 bits per heavy atom. The number of nitrogens with two attached hydrogens (primary N) is 1. The van der Waals surface area contributed by atoms with Gasteiger partial charge < -0.3 is 10.3 Å². The molecule has 20 heavy (non-hydrogen) atoms. The second-order valence-corrected chi connectivity index (χ2v) is 6.72. The average Bonchev–Trinajstić information content (AvgIpc) is 3.18. The lowest BCUT2D eigenvalue weighted by Crippen LogP contribution is -2.35. The van der Waals surface area contributed by atoms with E-state index >= 15 is 0 Å². The molecule has 0 amide bonds. The standard InChI is InChI=1S/C14H16ClN3OS/c1-14(16,9-6-7-9)13-17-12(18-19-13)8-20-11-5-3-2-4-10(11)15/h2-5,9H,6-8,16H2,1H3. The first-order valence-corrected chi connectivity index (χ1v) is 7.93. The van der Waals surface area contributed by atoms with Crippen molar-refractivity contribution in [2.24, 2.45) is 11.7 Å². The summed E-state index contributed by atoms with van der Waals surface area (Å²) in [5.41, 5.74) is 5.76. The third kappa shape index (κ3) is 2.85. The molecular formula is C14H16ClN3OS. The fourth-order valence-electron chi connectivity index (χ4n) is 2.09. The number of thioether (sulfide) groups is 1. The minimum atomic E-state index is -0.500. The zero-order valence-electron chi connectivity index (χ0n) is 11.2. The van der Waals surface area contributed by atoms with Crippen molar-refractivity contribution in [3.05, 3.63) is 41.0 Å². The highest BCUT2D eigenvalue weighted by atomic mass is 35.5. The molecule has 0 bridgehead atoms. The molecule has 1 aliphatic carbocycles. The Kier molecular flexibility index (Phi) is 3.75. The fraction of sp³-hybridized carbons (Fsp3) is 0.429. The van der Waals surface area contributed by atoms with E-state index in [1.807, 2.05) is 31.2 Å². The van der Waals surface area contributed by atoms with Crippen LogP contribution in [-0.4, -0.2) is 10.1 Å². The quantitative estimate of drug-likeness (QED) is 0.855. The number of aromatic nitrogens is 2. The molecule has 6 heteroatoms. The van der Waals surface area contributed by atoms with Crippen LogP contribution < -0.4 is 5.73 Å². The molecule has 2 aromatic rings. The van der Waals surface area contributed by atoms with E-state index < -0.39 is 5.54 Å². The van der Waals surface area contributed by atoms with Gasteiger partial charge in [0.25, 0.3) is 0 Å². The van der Waals surface area contributed by atoms with Crippen LogP contribution in [-0.2, 0) is 11.3 Å². The molecule has 1 heterocycles. The van der Waals surface area contributed by atoms with Crippen molar-refractivity contribution >= 4 is 23.4 Å². The SMILES string of the molecule is CC(N)(c1nc(CSc2ccccc2Cl)no1)C1CC1. The molecule has 1 unspecified atom stereocenters. The molecule has 1 aliphatic rings. The van der Waals surface area contributed by atoms with E-state index in [-0.39, 0.29) is 0 Å². The van der Waals surface area contributed by atoms with E-state index in [0.29, 0.717) is 23.4 Å². The molecule has 0 aliphatic heterocycles. The van der Waals surface area contributed by atoms with E-state index in [9.17, 15) is 0 Å². The van der Waals surface area contributed by atoms with Crippen molar-refractivity contribution in [3.8, 4) is 0 Å². The van der Waals surface area contributed by atoms with Gasteiger partial charge in [0.05, 0.1) is 16.3 Å². The number of benzene rings is 1. The predicted molar refractivity (Wildman–Crippen MR) is 79.6 cm³/mol. The summed E-state index contributed by atoms with van der Waals surface area (Å²) < 4.78 is 5.32. The van der Waals surface area contributed by atoms with Crippen LogP contribution in [0.3, 0.4) is 0 Å². The summed E-state index contributed by atoms with van der Waals surface area (Å²) in [5, 5.41) is 4.75. The summed E-state index contributed by atoms with van der Waals surface area (Å²) in [6.45, 7) is 1.96. The fourth-order valence-corrected chi connectivity index (χ4v) is 3.18. The summed E-state index contributed by atoms with van der Waals surface area (Å²) in [4.78, 5) is 5.43. The highest BCUT2D eigenvalue weighted by Crippen LogP contribution is 2.43. The number of rotatable bonds is 5. The van der Waals surface area contributed by atoms with Crippen LogP contribution in [0.5, 0.6) is 0 Å². The molecule has 2 N–H and O–H groups in total. The van der Waals surface area contributed by atoms with Gasteiger partial charge in [0.1, 0.15) is 0 Å². The topological polar surface area (TPSA) is 64.9 Å². The van der Waals surface area contributed by atoms with Crippen molar-refractivity contribution in [1.29, 1.82) is 0 Å². The maximum Gasteiger partial charge on any atom is 0.246 e. The van der Waals surface area contributed by atoms with Crippen LogP contribution in [0, 0.1) is 5.92 Å². The van der Waals surface area contributed by atoms with Crippen LogP contribution >= 0.6 is 23.4 Å². The van der Waals surface area contributed by atoms with Crippen molar-refractivity contribution in [3.63, 3.8) is 0 Å². The maximum absolute atomic E-state index is 6.26. The molecular weight excluding hydrogens is 294 g/mol. The number of nitrogens with zero attached hydrogens (tertiary/aromatic N) is 2. The van der Waals surface area contributed by atoms with Gasteiger partial charge in [0.2, 0.25) is 5.89 Å². The first-order valence-electron chi connectivity index (χ1n) is 6.56. The van der Waals surface area contributed by atoms with Crippen molar-refractivity contribution < 1.29 is 4.52 Å². The van der Waals surface area contributed by atoms with Gasteiger partial charge in [-0.1, -0.05) is 28.9 Å². The second-order valence-electron chi connectivity index (χ2n) is 5.29. The molecule has 1 saturated carbocycles. The summed E-state index contributed by atoms with van der Waals surface area (Å²) in [7, 11) is 0. The normalized spacial score (nSPS) is 17.9. The third-order valence-corrected chi connectivity index (χ3v) is 5.06. The smallest absolute Gasteiger partial charge is 0.246 e. The molecule has 0 saturated heterocycles. The van der Waals surface area contributed by atoms with Crippen LogP contribution in [0.2, 0.25) is 5.02 Å². The van der Waals surface area contributed by atoms with Gasteiger partial charge >= 0.3 is 0 Å². The monoisotopic (exact) mass is 309 g/mol. The molecule has 3 rings (SSSR count). The van der Waals surface area contributed by atoms with Gasteiger partial charge in [-0.25, -0.2) is 0 Å². The van der Waals surface area contributed by atoms with Gasteiger partial charge in [-0.3, -0.25) is 0 Å². The van der Waals surface area contributed by atoms with Gasteiger partial charge in [0, 0.05) is 4.90 Å². The molecule has 1 atom stereocenters. The molecule has 0 radical (unpaired) electrons. The largest absolute Gasteiger partial charge is 0.337 e. The summed E-state index contributed by atoms with van der Waals surface area (Å²) in [6, 6.07) is 7.72. The zero-order valence-corrected chi connectivity index (χ0v) is 12.7. The Bertz CT molecular complexity index is 610. The Balaban J connectivity index is 1.67. The van der Waals surface area contributed by atoms with Crippen LogP contribution in [0.1, 0.15) is 31.5 Å². The Morgan fingerprint density at radius 3 is 2.90 bits per heavy atom. The second kappa shape index (κ2) is 5.39. The maximum atomic E-state index is 6.26. The lowest BCUT2D eigenvalue weighted by molar-refractivity contribution is 0.272. The van der Waals surface area contributed by atoms with Gasteiger partial charge in [-0.15, -0.1) is 11.8 Å². The minimum absolute atomic E-state index is 0.465. The number of hydrogen-bond acceptors (Lipinski definition) is 5. The van der Waals surface area contributed by atoms with E-state index in [1.165, 1.54) is 0 Å². The molecule has 1 aromatic carbocycles. The van der Waals surface area contributed by atoms with Crippen LogP contribution in [0.15, 0.2) is 33.7 Å². The zero-order chi connectivity index (χ0) is 14.2. The predicted octanol–water partition coefficient (Wildman–Crippen LogP) is 3.60. The molecule has 106 valence electrons. The number of halogens is 1. The minimum Gasteiger partial charge on any atom is -0.337 e. The third-order valence-electron chi connectivity index (χ3n) is 3.55. The molecule has 1 aromatic heterocycles. The van der Waals surface area contributed by atoms with E-state index in [2.05, 4.69) is 10.1 Å². The molecule has 1 fully saturated rings. The van der Waals surface area contributed by atoms with Gasteiger partial charge in [0.15, 0.2) is 5.82 Å². The van der Waals surface area contributed by atoms with Crippen molar-refractivity contribution in [1.82, 2.24) is 10.1 Å².